The lowest BCUT2D eigenvalue weighted by molar-refractivity contribution is -0.113. The first kappa shape index (κ1) is 25.5. The molecule has 36 heavy (non-hydrogen) atoms. The first-order valence-electron chi connectivity index (χ1n) is 11.2. The Balaban J connectivity index is 1.49. The Morgan fingerprint density at radius 3 is 2.39 bits per heavy atom. The number of benzene rings is 2. The van der Waals surface area contributed by atoms with Crippen LogP contribution in [-0.2, 0) is 16.6 Å². The normalized spacial score (nSPS) is 10.8. The van der Waals surface area contributed by atoms with Crippen LogP contribution < -0.4 is 10.2 Å². The second-order valence-electron chi connectivity index (χ2n) is 8.24. The number of amides is 1. The molecule has 4 rings (SSSR count). The second kappa shape index (κ2) is 11.0. The Labute approximate surface area is 218 Å². The molecule has 0 radical (unpaired) electrons. The molecule has 0 aliphatic carbocycles. The highest BCUT2D eigenvalue weighted by Gasteiger charge is 2.25. The van der Waals surface area contributed by atoms with E-state index in [2.05, 4.69) is 15.5 Å². The van der Waals surface area contributed by atoms with Crippen LogP contribution >= 0.6 is 23.1 Å². The van der Waals surface area contributed by atoms with Crippen LogP contribution in [0.2, 0.25) is 0 Å². The van der Waals surface area contributed by atoms with Crippen molar-refractivity contribution >= 4 is 45.7 Å². The van der Waals surface area contributed by atoms with Gasteiger partial charge in [-0.05, 0) is 36.8 Å². The summed E-state index contributed by atoms with van der Waals surface area (Å²) in [6.07, 6.45) is 0. The lowest BCUT2D eigenvalue weighted by Gasteiger charge is -2.12. The number of aryl methyl sites for hydroxylation is 1. The standard InChI is InChI=1S/C26H27N5O3S2/c1-16-21(17-9-7-6-8-10-17)22(25(33)34-5)24(36-16)27-20(32)15-35-26-29-28-23(31(26)4)18-11-13-19(14-12-18)30(2)3/h6-14H,15H2,1-5H3,(H,27,32). The number of ether oxygens (including phenoxy) is 1. The minimum Gasteiger partial charge on any atom is -0.465 e. The molecular weight excluding hydrogens is 494 g/mol. The van der Waals surface area contributed by atoms with E-state index in [4.69, 9.17) is 4.74 Å². The molecule has 8 nitrogen and oxygen atoms in total. The number of thiophene rings is 1. The molecule has 0 saturated heterocycles. The van der Waals surface area contributed by atoms with Crippen molar-refractivity contribution in [3.05, 3.63) is 65.0 Å². The summed E-state index contributed by atoms with van der Waals surface area (Å²) < 4.78 is 6.90. The Morgan fingerprint density at radius 1 is 1.06 bits per heavy atom. The zero-order valence-corrected chi connectivity index (χ0v) is 22.4. The van der Waals surface area contributed by atoms with Gasteiger partial charge in [-0.2, -0.15) is 0 Å². The molecule has 4 aromatic rings. The van der Waals surface area contributed by atoms with E-state index < -0.39 is 5.97 Å². The Kier molecular flexibility index (Phi) is 7.76. The Morgan fingerprint density at radius 2 is 1.75 bits per heavy atom. The van der Waals surface area contributed by atoms with E-state index in [1.54, 1.807) is 0 Å². The summed E-state index contributed by atoms with van der Waals surface area (Å²) in [5.41, 5.74) is 4.07. The van der Waals surface area contributed by atoms with Crippen molar-refractivity contribution in [1.82, 2.24) is 14.8 Å². The predicted molar refractivity (Wildman–Crippen MR) is 146 cm³/mol. The molecule has 186 valence electrons. The van der Waals surface area contributed by atoms with E-state index in [-0.39, 0.29) is 11.7 Å². The van der Waals surface area contributed by atoms with Gasteiger partial charge in [0.1, 0.15) is 10.6 Å². The smallest absolute Gasteiger partial charge is 0.341 e. The molecule has 1 N–H and O–H groups in total. The lowest BCUT2D eigenvalue weighted by atomic mass is 10.0. The molecule has 0 unspecified atom stereocenters. The van der Waals surface area contributed by atoms with Crippen molar-refractivity contribution in [2.45, 2.75) is 12.1 Å². The fraction of sp³-hybridized carbons (Fsp3) is 0.231. The van der Waals surface area contributed by atoms with Crippen LogP contribution in [-0.4, -0.2) is 53.6 Å². The second-order valence-corrected chi connectivity index (χ2v) is 10.4. The minimum absolute atomic E-state index is 0.115. The van der Waals surface area contributed by atoms with Gasteiger partial charge in [-0.15, -0.1) is 21.5 Å². The SMILES string of the molecule is COC(=O)c1c(NC(=O)CSc2nnc(-c3ccc(N(C)C)cc3)n2C)sc(C)c1-c1ccccc1. The lowest BCUT2D eigenvalue weighted by Crippen LogP contribution is -2.16. The Bertz CT molecular complexity index is 1380. The number of methoxy groups -OCH3 is 1. The highest BCUT2D eigenvalue weighted by molar-refractivity contribution is 7.99. The number of nitrogens with one attached hydrogen (secondary N) is 1. The molecule has 0 saturated carbocycles. The van der Waals surface area contributed by atoms with Crippen molar-refractivity contribution in [3.8, 4) is 22.5 Å². The fourth-order valence-electron chi connectivity index (χ4n) is 3.78. The number of carbonyl (C=O) groups excluding carboxylic acids is 2. The number of esters is 1. The van der Waals surface area contributed by atoms with E-state index in [0.29, 0.717) is 15.7 Å². The van der Waals surface area contributed by atoms with E-state index in [9.17, 15) is 9.59 Å². The third-order valence-corrected chi connectivity index (χ3v) is 7.64. The van der Waals surface area contributed by atoms with Gasteiger partial charge in [-0.3, -0.25) is 4.79 Å². The first-order valence-corrected chi connectivity index (χ1v) is 13.0. The van der Waals surface area contributed by atoms with Crippen LogP contribution in [0.3, 0.4) is 0 Å². The van der Waals surface area contributed by atoms with Crippen molar-refractivity contribution in [3.63, 3.8) is 0 Å². The quantitative estimate of drug-likeness (QED) is 0.255. The third kappa shape index (κ3) is 5.29. The number of hydrogen-bond acceptors (Lipinski definition) is 8. The molecule has 0 aliphatic heterocycles. The fourth-order valence-corrected chi connectivity index (χ4v) is 5.57. The van der Waals surface area contributed by atoms with Gasteiger partial charge in [0, 0.05) is 42.8 Å². The molecule has 2 aromatic carbocycles. The summed E-state index contributed by atoms with van der Waals surface area (Å²) in [7, 11) is 7.20. The van der Waals surface area contributed by atoms with E-state index >= 15 is 0 Å². The van der Waals surface area contributed by atoms with Crippen LogP contribution in [0.4, 0.5) is 10.7 Å². The van der Waals surface area contributed by atoms with Crippen LogP contribution in [0.25, 0.3) is 22.5 Å². The summed E-state index contributed by atoms with van der Waals surface area (Å²) in [5, 5.41) is 12.6. The molecule has 0 bridgehead atoms. The molecule has 0 spiro atoms. The van der Waals surface area contributed by atoms with Gasteiger partial charge in [0.05, 0.1) is 12.9 Å². The number of nitrogens with zero attached hydrogens (tertiary/aromatic N) is 4. The topological polar surface area (TPSA) is 89.3 Å². The van der Waals surface area contributed by atoms with Gasteiger partial charge in [0.2, 0.25) is 5.91 Å². The molecule has 2 heterocycles. The number of aromatic nitrogens is 3. The molecule has 0 atom stereocenters. The number of carbonyl (C=O) groups is 2. The maximum Gasteiger partial charge on any atom is 0.341 e. The largest absolute Gasteiger partial charge is 0.465 e. The summed E-state index contributed by atoms with van der Waals surface area (Å²) >= 11 is 2.64. The minimum atomic E-state index is -0.487. The van der Waals surface area contributed by atoms with Crippen LogP contribution in [0.1, 0.15) is 15.2 Å². The Hall–Kier alpha value is -3.63. The van der Waals surface area contributed by atoms with Gasteiger partial charge in [-0.1, -0.05) is 42.1 Å². The van der Waals surface area contributed by atoms with E-state index in [1.165, 1.54) is 30.2 Å². The van der Waals surface area contributed by atoms with Crippen LogP contribution in [0.15, 0.2) is 59.8 Å². The zero-order valence-electron chi connectivity index (χ0n) is 20.7. The van der Waals surface area contributed by atoms with Gasteiger partial charge in [0.15, 0.2) is 11.0 Å². The maximum atomic E-state index is 12.9. The van der Waals surface area contributed by atoms with Crippen molar-refractivity contribution in [2.75, 3.05) is 37.2 Å². The van der Waals surface area contributed by atoms with Crippen LogP contribution in [0, 0.1) is 6.92 Å². The zero-order chi connectivity index (χ0) is 25.8. The number of rotatable bonds is 8. The predicted octanol–water partition coefficient (Wildman–Crippen LogP) is 5.10. The number of anilines is 2. The van der Waals surface area contributed by atoms with Crippen molar-refractivity contribution in [2.24, 2.45) is 7.05 Å². The average Bonchev–Trinajstić information content (AvgIpc) is 3.41. The summed E-state index contributed by atoms with van der Waals surface area (Å²) in [4.78, 5) is 28.5. The monoisotopic (exact) mass is 521 g/mol. The summed E-state index contributed by atoms with van der Waals surface area (Å²) in [6, 6.07) is 17.6. The molecule has 1 amide bonds. The van der Waals surface area contributed by atoms with E-state index in [0.717, 1.165) is 33.1 Å². The average molecular weight is 522 g/mol. The van der Waals surface area contributed by atoms with Gasteiger partial charge < -0.3 is 19.5 Å². The summed E-state index contributed by atoms with van der Waals surface area (Å²) in [5.74, 6) is 0.104. The molecule has 10 heteroatoms. The molecule has 0 fully saturated rings. The van der Waals surface area contributed by atoms with Crippen LogP contribution in [0.5, 0.6) is 0 Å². The molecular formula is C26H27N5O3S2. The highest BCUT2D eigenvalue weighted by Crippen LogP contribution is 2.40. The maximum absolute atomic E-state index is 12.9. The van der Waals surface area contributed by atoms with E-state index in [1.807, 2.05) is 92.1 Å². The number of hydrogen-bond donors (Lipinski definition) is 1. The third-order valence-electron chi connectivity index (χ3n) is 5.60. The van der Waals surface area contributed by atoms with Gasteiger partial charge in [-0.25, -0.2) is 4.79 Å². The number of thioether (sulfide) groups is 1. The first-order chi connectivity index (χ1) is 17.3. The highest BCUT2D eigenvalue weighted by atomic mass is 32.2. The molecule has 2 aromatic heterocycles. The van der Waals surface area contributed by atoms with Crippen molar-refractivity contribution < 1.29 is 14.3 Å². The molecule has 0 aliphatic rings. The summed E-state index contributed by atoms with van der Waals surface area (Å²) in [6.45, 7) is 1.93. The van der Waals surface area contributed by atoms with Gasteiger partial charge in [0.25, 0.3) is 0 Å². The van der Waals surface area contributed by atoms with Gasteiger partial charge >= 0.3 is 5.97 Å². The van der Waals surface area contributed by atoms with Crippen molar-refractivity contribution in [1.29, 1.82) is 0 Å².